The van der Waals surface area contributed by atoms with E-state index in [1.54, 1.807) is 12.1 Å². The molecule has 1 unspecified atom stereocenters. The third-order valence-corrected chi connectivity index (χ3v) is 3.85. The van der Waals surface area contributed by atoms with Crippen molar-refractivity contribution in [3.8, 4) is 5.75 Å². The van der Waals surface area contributed by atoms with Gasteiger partial charge in [-0.2, -0.15) is 0 Å². The number of nitrogens with one attached hydrogen (secondary N) is 1. The summed E-state index contributed by atoms with van der Waals surface area (Å²) in [6, 6.07) is 5.44. The van der Waals surface area contributed by atoms with Crippen molar-refractivity contribution in [2.75, 3.05) is 33.3 Å². The summed E-state index contributed by atoms with van der Waals surface area (Å²) >= 11 is 0. The van der Waals surface area contributed by atoms with Crippen molar-refractivity contribution in [2.24, 2.45) is 0 Å². The molecule has 4 heteroatoms. The van der Waals surface area contributed by atoms with E-state index in [1.807, 2.05) is 6.07 Å². The number of hydrogen-bond acceptors (Lipinski definition) is 3. The van der Waals surface area contributed by atoms with Crippen LogP contribution in [0.5, 0.6) is 5.75 Å². The summed E-state index contributed by atoms with van der Waals surface area (Å²) in [7, 11) is 1.49. The van der Waals surface area contributed by atoms with Gasteiger partial charge in [0.2, 0.25) is 0 Å². The fourth-order valence-electron chi connectivity index (χ4n) is 2.46. The third kappa shape index (κ3) is 5.64. The average molecular weight is 296 g/mol. The average Bonchev–Trinajstić information content (AvgIpc) is 2.51. The zero-order valence-corrected chi connectivity index (χ0v) is 13.8. The molecule has 0 saturated heterocycles. The van der Waals surface area contributed by atoms with Gasteiger partial charge in [0.25, 0.3) is 0 Å². The second-order valence-corrected chi connectivity index (χ2v) is 5.22. The van der Waals surface area contributed by atoms with Crippen LogP contribution in [0.3, 0.4) is 0 Å². The van der Waals surface area contributed by atoms with Crippen LogP contribution in [-0.2, 0) is 0 Å². The lowest BCUT2D eigenvalue weighted by molar-refractivity contribution is 0.281. The molecule has 1 N–H and O–H groups in total. The Balaban J connectivity index is 2.78. The molecule has 3 nitrogen and oxygen atoms in total. The second kappa shape index (κ2) is 9.74. The maximum atomic E-state index is 13.9. The molecule has 0 fully saturated rings. The molecule has 0 amide bonds. The van der Waals surface area contributed by atoms with Gasteiger partial charge in [-0.25, -0.2) is 4.39 Å². The molecular weight excluding hydrogens is 267 g/mol. The molecule has 0 heterocycles. The third-order valence-electron chi connectivity index (χ3n) is 3.85. The molecule has 0 radical (unpaired) electrons. The Bertz CT molecular complexity index is 408. The van der Waals surface area contributed by atoms with Crippen molar-refractivity contribution in [2.45, 2.75) is 39.7 Å². The quantitative estimate of drug-likeness (QED) is 0.714. The summed E-state index contributed by atoms with van der Waals surface area (Å²) < 4.78 is 18.9. The highest BCUT2D eigenvalue weighted by Crippen LogP contribution is 2.24. The lowest BCUT2D eigenvalue weighted by Gasteiger charge is -2.24. The first kappa shape index (κ1) is 17.9. The van der Waals surface area contributed by atoms with Crippen molar-refractivity contribution in [3.63, 3.8) is 0 Å². The van der Waals surface area contributed by atoms with Crippen LogP contribution < -0.4 is 10.1 Å². The smallest absolute Gasteiger partial charge is 0.165 e. The first-order valence-corrected chi connectivity index (χ1v) is 7.95. The van der Waals surface area contributed by atoms with E-state index in [4.69, 9.17) is 4.74 Å². The molecule has 1 atom stereocenters. The van der Waals surface area contributed by atoms with E-state index in [-0.39, 0.29) is 11.9 Å². The minimum absolute atomic E-state index is 0.186. The number of benzene rings is 1. The largest absolute Gasteiger partial charge is 0.494 e. The van der Waals surface area contributed by atoms with E-state index in [0.29, 0.717) is 5.75 Å². The first-order chi connectivity index (χ1) is 10.2. The van der Waals surface area contributed by atoms with Crippen LogP contribution in [0.4, 0.5) is 4.39 Å². The van der Waals surface area contributed by atoms with Gasteiger partial charge >= 0.3 is 0 Å². The van der Waals surface area contributed by atoms with E-state index in [2.05, 4.69) is 31.0 Å². The molecule has 0 aliphatic rings. The number of methoxy groups -OCH3 is 1. The first-order valence-electron chi connectivity index (χ1n) is 7.95. The summed E-state index contributed by atoms with van der Waals surface area (Å²) in [5.74, 6) is 0.0119. The number of rotatable bonds is 10. The van der Waals surface area contributed by atoms with Crippen molar-refractivity contribution in [1.82, 2.24) is 10.2 Å². The molecular formula is C17H29FN2O. The predicted molar refractivity (Wildman–Crippen MR) is 86.4 cm³/mol. The van der Waals surface area contributed by atoms with Gasteiger partial charge in [0.05, 0.1) is 7.11 Å². The van der Waals surface area contributed by atoms with Crippen LogP contribution in [0.15, 0.2) is 18.2 Å². The molecule has 0 saturated carbocycles. The Morgan fingerprint density at radius 3 is 2.48 bits per heavy atom. The van der Waals surface area contributed by atoms with Gasteiger partial charge in [-0.15, -0.1) is 0 Å². The van der Waals surface area contributed by atoms with Gasteiger partial charge in [0.1, 0.15) is 0 Å². The molecule has 120 valence electrons. The molecule has 1 rings (SSSR count). The molecule has 1 aromatic rings. The van der Waals surface area contributed by atoms with Crippen LogP contribution in [0, 0.1) is 5.82 Å². The Labute approximate surface area is 128 Å². The molecule has 21 heavy (non-hydrogen) atoms. The maximum absolute atomic E-state index is 13.9. The normalized spacial score (nSPS) is 12.7. The SMILES string of the molecule is CCCNC(CCN(CC)CC)c1ccc(OC)c(F)c1. The zero-order valence-electron chi connectivity index (χ0n) is 13.8. The van der Waals surface area contributed by atoms with Gasteiger partial charge in [0, 0.05) is 6.04 Å². The molecule has 0 bridgehead atoms. The lowest BCUT2D eigenvalue weighted by atomic mass is 10.0. The van der Waals surface area contributed by atoms with Crippen LogP contribution in [0.25, 0.3) is 0 Å². The minimum Gasteiger partial charge on any atom is -0.494 e. The Kier molecular flexibility index (Phi) is 8.31. The second-order valence-electron chi connectivity index (χ2n) is 5.22. The van der Waals surface area contributed by atoms with E-state index in [0.717, 1.165) is 44.6 Å². The molecule has 0 spiro atoms. The fraction of sp³-hybridized carbons (Fsp3) is 0.647. The van der Waals surface area contributed by atoms with Gasteiger partial charge in [-0.3, -0.25) is 0 Å². The van der Waals surface area contributed by atoms with E-state index >= 15 is 0 Å². The zero-order chi connectivity index (χ0) is 15.7. The Hall–Kier alpha value is -1.13. The lowest BCUT2D eigenvalue weighted by Crippen LogP contribution is -2.30. The molecule has 0 aliphatic carbocycles. The Morgan fingerprint density at radius 1 is 1.24 bits per heavy atom. The summed E-state index contributed by atoms with van der Waals surface area (Å²) in [5, 5.41) is 3.52. The standard InChI is InChI=1S/C17H29FN2O/c1-5-11-19-16(10-12-20(6-2)7-3)14-8-9-17(21-4)15(18)13-14/h8-9,13,16,19H,5-7,10-12H2,1-4H3. The van der Waals surface area contributed by atoms with Gasteiger partial charge < -0.3 is 15.0 Å². The topological polar surface area (TPSA) is 24.5 Å². The van der Waals surface area contributed by atoms with Crippen LogP contribution in [-0.4, -0.2) is 38.2 Å². The van der Waals surface area contributed by atoms with Crippen LogP contribution >= 0.6 is 0 Å². The predicted octanol–water partition coefficient (Wildman–Crippen LogP) is 3.61. The molecule has 0 aliphatic heterocycles. The summed E-state index contributed by atoms with van der Waals surface area (Å²) in [6.45, 7) is 10.5. The number of hydrogen-bond donors (Lipinski definition) is 1. The van der Waals surface area contributed by atoms with Crippen molar-refractivity contribution in [3.05, 3.63) is 29.6 Å². The highest BCUT2D eigenvalue weighted by molar-refractivity contribution is 5.31. The van der Waals surface area contributed by atoms with Crippen LogP contribution in [0.1, 0.15) is 45.2 Å². The fourth-order valence-corrected chi connectivity index (χ4v) is 2.46. The summed E-state index contributed by atoms with van der Waals surface area (Å²) in [6.07, 6.45) is 2.05. The minimum atomic E-state index is -0.291. The highest BCUT2D eigenvalue weighted by Gasteiger charge is 2.14. The number of nitrogens with zero attached hydrogens (tertiary/aromatic N) is 1. The number of halogens is 1. The summed E-state index contributed by atoms with van der Waals surface area (Å²) in [4.78, 5) is 2.39. The maximum Gasteiger partial charge on any atom is 0.165 e. The van der Waals surface area contributed by atoms with Gasteiger partial charge in [0.15, 0.2) is 11.6 Å². The number of ether oxygens (including phenoxy) is 1. The summed E-state index contributed by atoms with van der Waals surface area (Å²) in [5.41, 5.74) is 0.994. The molecule has 1 aromatic carbocycles. The van der Waals surface area contributed by atoms with E-state index in [9.17, 15) is 4.39 Å². The molecule has 0 aromatic heterocycles. The van der Waals surface area contributed by atoms with Gasteiger partial charge in [-0.05, 0) is 56.7 Å². The van der Waals surface area contributed by atoms with Crippen molar-refractivity contribution in [1.29, 1.82) is 0 Å². The van der Waals surface area contributed by atoms with E-state index < -0.39 is 0 Å². The van der Waals surface area contributed by atoms with Crippen molar-refractivity contribution < 1.29 is 9.13 Å². The van der Waals surface area contributed by atoms with Crippen molar-refractivity contribution >= 4 is 0 Å². The van der Waals surface area contributed by atoms with Crippen LogP contribution in [0.2, 0.25) is 0 Å². The van der Waals surface area contributed by atoms with Gasteiger partial charge in [-0.1, -0.05) is 26.8 Å². The van der Waals surface area contributed by atoms with E-state index in [1.165, 1.54) is 7.11 Å². The Morgan fingerprint density at radius 2 is 1.95 bits per heavy atom. The highest BCUT2D eigenvalue weighted by atomic mass is 19.1. The monoisotopic (exact) mass is 296 g/mol.